The van der Waals surface area contributed by atoms with E-state index >= 15 is 0 Å². The van der Waals surface area contributed by atoms with Gasteiger partial charge in [-0.15, -0.1) is 0 Å². The van der Waals surface area contributed by atoms with Gasteiger partial charge in [-0.25, -0.2) is 4.68 Å². The third-order valence-corrected chi connectivity index (χ3v) is 2.93. The maximum absolute atomic E-state index is 12.0. The summed E-state index contributed by atoms with van der Waals surface area (Å²) in [7, 11) is 0. The largest absolute Gasteiger partial charge is 0.381 e. The van der Waals surface area contributed by atoms with Crippen molar-refractivity contribution in [2.75, 3.05) is 25.0 Å². The van der Waals surface area contributed by atoms with Crippen molar-refractivity contribution in [3.8, 4) is 0 Å². The van der Waals surface area contributed by atoms with E-state index in [1.54, 1.807) is 6.20 Å². The van der Waals surface area contributed by atoms with E-state index in [9.17, 15) is 4.79 Å². The minimum Gasteiger partial charge on any atom is -0.381 e. The Bertz CT molecular complexity index is 445. The van der Waals surface area contributed by atoms with Gasteiger partial charge in [0, 0.05) is 19.6 Å². The van der Waals surface area contributed by atoms with Gasteiger partial charge < -0.3 is 10.6 Å². The first-order chi connectivity index (χ1) is 9.06. The molecular formula is C13H23ClN4O. The van der Waals surface area contributed by atoms with Gasteiger partial charge in [-0.2, -0.15) is 5.10 Å². The smallest absolute Gasteiger partial charge is 0.287 e. The molecule has 1 aromatic heterocycles. The molecule has 0 aliphatic heterocycles. The molecule has 0 bridgehead atoms. The van der Waals surface area contributed by atoms with Crippen LogP contribution in [0.25, 0.3) is 0 Å². The third kappa shape index (κ3) is 5.20. The first kappa shape index (κ1) is 16.0. The first-order valence-corrected chi connectivity index (χ1v) is 7.14. The predicted molar refractivity (Wildman–Crippen MR) is 80.0 cm³/mol. The fourth-order valence-corrected chi connectivity index (χ4v) is 1.86. The molecule has 0 fully saturated rings. The van der Waals surface area contributed by atoms with Crippen LogP contribution in [0.1, 0.15) is 27.2 Å². The molecular weight excluding hydrogens is 264 g/mol. The predicted octanol–water partition coefficient (Wildman–Crippen LogP) is 1.96. The molecule has 1 heterocycles. The number of anilines is 1. The molecule has 0 aliphatic rings. The van der Waals surface area contributed by atoms with Gasteiger partial charge in [-0.05, 0) is 18.9 Å². The Balaban J connectivity index is 2.61. The zero-order chi connectivity index (χ0) is 14.3. The van der Waals surface area contributed by atoms with Gasteiger partial charge in [-0.1, -0.05) is 32.4 Å². The Morgan fingerprint density at radius 2 is 2.11 bits per heavy atom. The van der Waals surface area contributed by atoms with E-state index in [2.05, 4.69) is 22.7 Å². The Morgan fingerprint density at radius 3 is 2.74 bits per heavy atom. The minimum absolute atomic E-state index is 0.214. The van der Waals surface area contributed by atoms with Crippen LogP contribution in [0.3, 0.4) is 0 Å². The normalized spacial score (nSPS) is 11.0. The van der Waals surface area contributed by atoms with Gasteiger partial charge >= 0.3 is 0 Å². The molecule has 0 spiro atoms. The monoisotopic (exact) mass is 286 g/mol. The highest BCUT2D eigenvalue weighted by molar-refractivity contribution is 6.32. The highest BCUT2D eigenvalue weighted by Crippen LogP contribution is 2.14. The molecule has 5 nitrogen and oxygen atoms in total. The number of halogens is 1. The molecule has 0 saturated carbocycles. The van der Waals surface area contributed by atoms with Gasteiger partial charge in [0.05, 0.1) is 11.9 Å². The van der Waals surface area contributed by atoms with Crippen molar-refractivity contribution < 1.29 is 0 Å². The Labute approximate surface area is 119 Å². The van der Waals surface area contributed by atoms with Crippen molar-refractivity contribution in [2.45, 2.75) is 33.7 Å². The lowest BCUT2D eigenvalue weighted by Crippen LogP contribution is -2.27. The summed E-state index contributed by atoms with van der Waals surface area (Å²) in [5.74, 6) is 0.360. The first-order valence-electron chi connectivity index (χ1n) is 6.76. The SMILES string of the molecule is CCCNCCNc1cnn(CC(C)C)c(=O)c1Cl. The average molecular weight is 287 g/mol. The number of hydrogen-bond acceptors (Lipinski definition) is 4. The van der Waals surface area contributed by atoms with Crippen LogP contribution in [0.15, 0.2) is 11.0 Å². The second-order valence-electron chi connectivity index (χ2n) is 4.93. The van der Waals surface area contributed by atoms with Gasteiger partial charge in [0.1, 0.15) is 5.02 Å². The van der Waals surface area contributed by atoms with E-state index in [1.165, 1.54) is 4.68 Å². The van der Waals surface area contributed by atoms with E-state index < -0.39 is 0 Å². The van der Waals surface area contributed by atoms with E-state index in [-0.39, 0.29) is 10.6 Å². The van der Waals surface area contributed by atoms with Crippen molar-refractivity contribution in [1.29, 1.82) is 0 Å². The second kappa shape index (κ2) is 8.17. The van der Waals surface area contributed by atoms with E-state index in [1.807, 2.05) is 13.8 Å². The Kier molecular flexibility index (Phi) is 6.87. The summed E-state index contributed by atoms with van der Waals surface area (Å²) in [6.07, 6.45) is 2.72. The fraction of sp³-hybridized carbons (Fsp3) is 0.692. The van der Waals surface area contributed by atoms with Crippen LogP contribution in [0, 0.1) is 5.92 Å². The molecule has 108 valence electrons. The third-order valence-electron chi connectivity index (χ3n) is 2.57. The van der Waals surface area contributed by atoms with Crippen molar-refractivity contribution in [2.24, 2.45) is 5.92 Å². The molecule has 1 rings (SSSR count). The van der Waals surface area contributed by atoms with Crippen LogP contribution in [0.5, 0.6) is 0 Å². The van der Waals surface area contributed by atoms with E-state index in [0.29, 0.717) is 18.2 Å². The van der Waals surface area contributed by atoms with Crippen LogP contribution >= 0.6 is 11.6 Å². The summed E-state index contributed by atoms with van der Waals surface area (Å²) >= 11 is 6.07. The summed E-state index contributed by atoms with van der Waals surface area (Å²) in [6.45, 7) is 9.31. The lowest BCUT2D eigenvalue weighted by Gasteiger charge is -2.11. The van der Waals surface area contributed by atoms with Crippen LogP contribution < -0.4 is 16.2 Å². The molecule has 19 heavy (non-hydrogen) atoms. The number of nitrogens with one attached hydrogen (secondary N) is 2. The van der Waals surface area contributed by atoms with Crippen molar-refractivity contribution in [1.82, 2.24) is 15.1 Å². The number of aromatic nitrogens is 2. The Hall–Kier alpha value is -1.07. The molecule has 0 amide bonds. The van der Waals surface area contributed by atoms with Crippen LogP contribution in [-0.2, 0) is 6.54 Å². The summed E-state index contributed by atoms with van der Waals surface area (Å²) in [5.41, 5.74) is 0.367. The summed E-state index contributed by atoms with van der Waals surface area (Å²) in [6, 6.07) is 0. The quantitative estimate of drug-likeness (QED) is 0.717. The molecule has 2 N–H and O–H groups in total. The lowest BCUT2D eigenvalue weighted by atomic mass is 10.2. The number of rotatable bonds is 8. The molecule has 1 aromatic rings. The minimum atomic E-state index is -0.234. The molecule has 0 aromatic carbocycles. The summed E-state index contributed by atoms with van der Waals surface area (Å²) < 4.78 is 1.41. The average Bonchev–Trinajstić information content (AvgIpc) is 2.37. The topological polar surface area (TPSA) is 59.0 Å². The second-order valence-corrected chi connectivity index (χ2v) is 5.31. The van der Waals surface area contributed by atoms with Crippen molar-refractivity contribution >= 4 is 17.3 Å². The van der Waals surface area contributed by atoms with E-state index in [4.69, 9.17) is 11.6 Å². The maximum atomic E-state index is 12.0. The van der Waals surface area contributed by atoms with Gasteiger partial charge in [0.15, 0.2) is 0 Å². The molecule has 0 radical (unpaired) electrons. The van der Waals surface area contributed by atoms with Crippen molar-refractivity contribution in [3.63, 3.8) is 0 Å². The summed E-state index contributed by atoms with van der Waals surface area (Å²) in [4.78, 5) is 12.0. The maximum Gasteiger partial charge on any atom is 0.287 e. The van der Waals surface area contributed by atoms with Crippen molar-refractivity contribution in [3.05, 3.63) is 21.6 Å². The van der Waals surface area contributed by atoms with E-state index in [0.717, 1.165) is 26.1 Å². The zero-order valence-corrected chi connectivity index (χ0v) is 12.6. The summed E-state index contributed by atoms with van der Waals surface area (Å²) in [5, 5.41) is 10.7. The lowest BCUT2D eigenvalue weighted by molar-refractivity contribution is 0.464. The van der Waals surface area contributed by atoms with Gasteiger partial charge in [-0.3, -0.25) is 4.79 Å². The molecule has 6 heteroatoms. The van der Waals surface area contributed by atoms with Crippen LogP contribution in [0.4, 0.5) is 5.69 Å². The highest BCUT2D eigenvalue weighted by Gasteiger charge is 2.09. The number of hydrogen-bond donors (Lipinski definition) is 2. The molecule has 0 unspecified atom stereocenters. The molecule has 0 aliphatic carbocycles. The zero-order valence-electron chi connectivity index (χ0n) is 11.9. The Morgan fingerprint density at radius 1 is 1.37 bits per heavy atom. The molecule has 0 atom stereocenters. The van der Waals surface area contributed by atoms with Crippen LogP contribution in [-0.4, -0.2) is 29.4 Å². The van der Waals surface area contributed by atoms with Crippen LogP contribution in [0.2, 0.25) is 5.02 Å². The van der Waals surface area contributed by atoms with Gasteiger partial charge in [0.2, 0.25) is 0 Å². The highest BCUT2D eigenvalue weighted by atomic mass is 35.5. The standard InChI is InChI=1S/C13H23ClN4O/c1-4-5-15-6-7-16-11-8-17-18(9-10(2)3)13(19)12(11)14/h8,10,15-16H,4-7,9H2,1-3H3. The fourth-order valence-electron chi connectivity index (χ4n) is 1.65. The molecule has 0 saturated heterocycles. The number of nitrogens with zero attached hydrogens (tertiary/aromatic N) is 2. The van der Waals surface area contributed by atoms with Gasteiger partial charge in [0.25, 0.3) is 5.56 Å².